The summed E-state index contributed by atoms with van der Waals surface area (Å²) in [4.78, 5) is 34.1. The highest BCUT2D eigenvalue weighted by molar-refractivity contribution is 7.19. The molecule has 0 N–H and O–H groups in total. The lowest BCUT2D eigenvalue weighted by atomic mass is 9.91. The van der Waals surface area contributed by atoms with E-state index in [1.807, 2.05) is 35.0 Å². The Kier molecular flexibility index (Phi) is 5.90. The Balaban J connectivity index is 1.57. The topological polar surface area (TPSA) is 43.9 Å². The lowest BCUT2D eigenvalue weighted by molar-refractivity contribution is -0.172. The van der Waals surface area contributed by atoms with Crippen molar-refractivity contribution in [2.24, 2.45) is 0 Å². The van der Waals surface area contributed by atoms with Crippen LogP contribution in [0.4, 0.5) is 0 Å². The van der Waals surface area contributed by atoms with Gasteiger partial charge < -0.3 is 9.80 Å². The van der Waals surface area contributed by atoms with Gasteiger partial charge in [0.1, 0.15) is 11.6 Å². The number of rotatable bonds is 6. The van der Waals surface area contributed by atoms with Crippen LogP contribution in [0.2, 0.25) is 0 Å². The molecule has 2 fully saturated rings. The fraction of sp³-hybridized carbons (Fsp3) is 0.583. The van der Waals surface area contributed by atoms with E-state index in [0.717, 1.165) is 32.4 Å². The summed E-state index contributed by atoms with van der Waals surface area (Å²) in [6, 6.07) is 8.25. The van der Waals surface area contributed by atoms with Crippen molar-refractivity contribution in [3.05, 3.63) is 34.7 Å². The lowest BCUT2D eigenvalue weighted by Gasteiger charge is -2.52. The van der Waals surface area contributed by atoms with Crippen LogP contribution >= 0.6 is 11.3 Å². The molecule has 30 heavy (non-hydrogen) atoms. The van der Waals surface area contributed by atoms with Gasteiger partial charge in [-0.2, -0.15) is 0 Å². The smallest absolute Gasteiger partial charge is 0.248 e. The number of benzene rings is 1. The number of unbranched alkanes of at least 4 members (excludes halogenated alkanes) is 1. The quantitative estimate of drug-likeness (QED) is 0.702. The zero-order valence-electron chi connectivity index (χ0n) is 18.6. The molecule has 0 spiro atoms. The summed E-state index contributed by atoms with van der Waals surface area (Å²) in [5.41, 5.74) is 0.647. The van der Waals surface area contributed by atoms with E-state index >= 15 is 0 Å². The van der Waals surface area contributed by atoms with Gasteiger partial charge in [0.05, 0.1) is 0 Å². The monoisotopic (exact) mass is 427 g/mol. The van der Waals surface area contributed by atoms with Crippen molar-refractivity contribution in [2.75, 3.05) is 26.2 Å². The molecular formula is C24H33N3O2S. The number of thiophene rings is 1. The first kappa shape index (κ1) is 21.3. The first-order chi connectivity index (χ1) is 14.4. The number of piperazine rings is 2. The van der Waals surface area contributed by atoms with Gasteiger partial charge in [-0.05, 0) is 43.7 Å². The van der Waals surface area contributed by atoms with Crippen molar-refractivity contribution in [3.8, 4) is 0 Å². The standard InChI is InChI=1S/C24H33N3O2S/c1-5-7-12-27-22(28)19-16-25(13-14-26(19)23(29)24(27,3)4)15-18-17-10-8-9-11-21(17)30-20(18)6-2/h8-11,19H,5-7,12-16H2,1-4H3. The minimum atomic E-state index is -0.746. The van der Waals surface area contributed by atoms with Crippen LogP contribution in [0.5, 0.6) is 0 Å². The number of carbonyl (C=O) groups is 2. The Labute approximate surface area is 183 Å². The van der Waals surface area contributed by atoms with Crippen molar-refractivity contribution in [1.29, 1.82) is 0 Å². The molecule has 2 aliphatic heterocycles. The zero-order chi connectivity index (χ0) is 21.5. The van der Waals surface area contributed by atoms with Gasteiger partial charge in [0.15, 0.2) is 0 Å². The van der Waals surface area contributed by atoms with Crippen LogP contribution in [-0.2, 0) is 22.6 Å². The number of carbonyl (C=O) groups excluding carboxylic acids is 2. The van der Waals surface area contributed by atoms with Crippen LogP contribution in [-0.4, -0.2) is 64.3 Å². The third-order valence-electron chi connectivity index (χ3n) is 6.69. The minimum absolute atomic E-state index is 0.0954. The molecule has 6 heteroatoms. The zero-order valence-corrected chi connectivity index (χ0v) is 19.4. The fourth-order valence-corrected chi connectivity index (χ4v) is 6.05. The summed E-state index contributed by atoms with van der Waals surface area (Å²) in [7, 11) is 0. The Morgan fingerprint density at radius 1 is 1.13 bits per heavy atom. The molecule has 1 unspecified atom stereocenters. The fourth-order valence-electron chi connectivity index (χ4n) is 4.90. The van der Waals surface area contributed by atoms with Crippen molar-refractivity contribution in [2.45, 2.75) is 65.1 Å². The summed E-state index contributed by atoms with van der Waals surface area (Å²) < 4.78 is 1.33. The summed E-state index contributed by atoms with van der Waals surface area (Å²) >= 11 is 1.88. The largest absolute Gasteiger partial charge is 0.327 e. The van der Waals surface area contributed by atoms with E-state index < -0.39 is 5.54 Å². The Morgan fingerprint density at radius 2 is 1.90 bits per heavy atom. The molecule has 162 valence electrons. The van der Waals surface area contributed by atoms with Gasteiger partial charge in [-0.1, -0.05) is 38.5 Å². The van der Waals surface area contributed by atoms with Gasteiger partial charge in [-0.15, -0.1) is 11.3 Å². The van der Waals surface area contributed by atoms with E-state index in [0.29, 0.717) is 19.6 Å². The molecule has 3 heterocycles. The van der Waals surface area contributed by atoms with E-state index in [2.05, 4.69) is 43.0 Å². The number of fused-ring (bicyclic) bond motifs is 2. The Bertz CT molecular complexity index is 951. The normalized spacial score (nSPS) is 22.1. The number of hydrogen-bond donors (Lipinski definition) is 0. The van der Waals surface area contributed by atoms with Crippen molar-refractivity contribution in [1.82, 2.24) is 14.7 Å². The van der Waals surface area contributed by atoms with Gasteiger partial charge in [0.2, 0.25) is 11.8 Å². The minimum Gasteiger partial charge on any atom is -0.327 e. The molecule has 0 saturated carbocycles. The maximum Gasteiger partial charge on any atom is 0.248 e. The predicted octanol–water partition coefficient (Wildman–Crippen LogP) is 3.90. The van der Waals surface area contributed by atoms with Crippen molar-refractivity contribution in [3.63, 3.8) is 0 Å². The van der Waals surface area contributed by atoms with Gasteiger partial charge in [0.25, 0.3) is 0 Å². The molecule has 2 saturated heterocycles. The summed E-state index contributed by atoms with van der Waals surface area (Å²) in [6.45, 7) is 11.7. The molecule has 1 aromatic heterocycles. The van der Waals surface area contributed by atoms with E-state index in [4.69, 9.17) is 0 Å². The van der Waals surface area contributed by atoms with Crippen LogP contribution < -0.4 is 0 Å². The van der Waals surface area contributed by atoms with Crippen LogP contribution in [0.1, 0.15) is 51.0 Å². The second kappa shape index (κ2) is 8.31. The van der Waals surface area contributed by atoms with Crippen molar-refractivity contribution >= 4 is 33.2 Å². The molecular weight excluding hydrogens is 394 g/mol. The third-order valence-corrected chi connectivity index (χ3v) is 8.05. The number of amides is 2. The van der Waals surface area contributed by atoms with E-state index in [1.165, 1.54) is 20.5 Å². The van der Waals surface area contributed by atoms with Crippen LogP contribution in [0.25, 0.3) is 10.1 Å². The molecule has 1 aromatic carbocycles. The average Bonchev–Trinajstić information content (AvgIpc) is 3.10. The third kappa shape index (κ3) is 3.54. The molecule has 0 bridgehead atoms. The molecule has 0 radical (unpaired) electrons. The average molecular weight is 428 g/mol. The first-order valence-electron chi connectivity index (χ1n) is 11.2. The molecule has 1 atom stereocenters. The maximum absolute atomic E-state index is 13.4. The molecule has 0 aliphatic carbocycles. The summed E-state index contributed by atoms with van der Waals surface area (Å²) in [5, 5.41) is 1.33. The summed E-state index contributed by atoms with van der Waals surface area (Å²) in [5.74, 6) is 0.210. The SMILES string of the molecule is CCCCN1C(=O)C2CN(Cc3c(CC)sc4ccccc34)CCN2C(=O)C1(C)C. The van der Waals surface area contributed by atoms with Gasteiger partial charge in [0, 0.05) is 42.3 Å². The van der Waals surface area contributed by atoms with Gasteiger partial charge >= 0.3 is 0 Å². The van der Waals surface area contributed by atoms with Crippen molar-refractivity contribution < 1.29 is 9.59 Å². The van der Waals surface area contributed by atoms with E-state index in [9.17, 15) is 9.59 Å². The highest BCUT2D eigenvalue weighted by Gasteiger charge is 2.52. The number of aryl methyl sites for hydroxylation is 1. The van der Waals surface area contributed by atoms with Gasteiger partial charge in [-0.25, -0.2) is 0 Å². The first-order valence-corrected chi connectivity index (χ1v) is 12.0. The van der Waals surface area contributed by atoms with Crippen LogP contribution in [0.3, 0.4) is 0 Å². The molecule has 2 amide bonds. The summed E-state index contributed by atoms with van der Waals surface area (Å²) in [6.07, 6.45) is 2.97. The molecule has 2 aliphatic rings. The highest BCUT2D eigenvalue weighted by Crippen LogP contribution is 2.34. The van der Waals surface area contributed by atoms with E-state index in [-0.39, 0.29) is 17.9 Å². The number of nitrogens with zero attached hydrogens (tertiary/aromatic N) is 3. The van der Waals surface area contributed by atoms with Crippen LogP contribution in [0, 0.1) is 0 Å². The van der Waals surface area contributed by atoms with Gasteiger partial charge in [-0.3, -0.25) is 14.5 Å². The number of hydrogen-bond acceptors (Lipinski definition) is 4. The van der Waals surface area contributed by atoms with Crippen LogP contribution in [0.15, 0.2) is 24.3 Å². The lowest BCUT2D eigenvalue weighted by Crippen LogP contribution is -2.73. The second-order valence-corrected chi connectivity index (χ2v) is 10.1. The molecule has 5 nitrogen and oxygen atoms in total. The predicted molar refractivity (Wildman–Crippen MR) is 123 cm³/mol. The molecule has 2 aromatic rings. The highest BCUT2D eigenvalue weighted by atomic mass is 32.1. The molecule has 4 rings (SSSR count). The Morgan fingerprint density at radius 3 is 2.63 bits per heavy atom. The Hall–Kier alpha value is -1.92. The maximum atomic E-state index is 13.4. The van der Waals surface area contributed by atoms with E-state index in [1.54, 1.807) is 0 Å². The second-order valence-electron chi connectivity index (χ2n) is 9.01.